The lowest BCUT2D eigenvalue weighted by atomic mass is 10.1. The fraction of sp³-hybridized carbons (Fsp3) is 0.250. The first-order valence-electron chi connectivity index (χ1n) is 5.65. The molecule has 0 atom stereocenters. The quantitative estimate of drug-likeness (QED) is 0.854. The number of benzene rings is 1. The molecule has 0 saturated carbocycles. The minimum Gasteiger partial charge on any atom is -0.486 e. The van der Waals surface area contributed by atoms with Crippen molar-refractivity contribution in [2.75, 3.05) is 18.9 Å². The number of fused-ring (bicyclic) bond motifs is 1. The molecule has 2 heterocycles. The molecule has 0 bridgehead atoms. The fourth-order valence-electron chi connectivity index (χ4n) is 2.01. The summed E-state index contributed by atoms with van der Waals surface area (Å²) in [6, 6.07) is 0.972. The Balaban J connectivity index is 2.30. The van der Waals surface area contributed by atoms with Gasteiger partial charge in [0, 0.05) is 13.1 Å². The lowest BCUT2D eigenvalue weighted by Crippen LogP contribution is -2.17. The van der Waals surface area contributed by atoms with Crippen LogP contribution in [0.4, 0.5) is 14.6 Å². The van der Waals surface area contributed by atoms with Crippen LogP contribution in [-0.4, -0.2) is 23.0 Å². The third kappa shape index (κ3) is 1.69. The Morgan fingerprint density at radius 1 is 1.32 bits per heavy atom. The number of aromatic nitrogens is 2. The molecule has 0 unspecified atom stereocenters. The highest BCUT2D eigenvalue weighted by Gasteiger charge is 2.27. The Morgan fingerprint density at radius 3 is 2.74 bits per heavy atom. The lowest BCUT2D eigenvalue weighted by Gasteiger charge is -2.21. The van der Waals surface area contributed by atoms with Crippen LogP contribution in [-0.2, 0) is 7.05 Å². The fourth-order valence-corrected chi connectivity index (χ4v) is 2.01. The number of nitrogen functional groups attached to an aromatic ring is 1. The van der Waals surface area contributed by atoms with Gasteiger partial charge in [-0.2, -0.15) is 5.10 Å². The van der Waals surface area contributed by atoms with Crippen molar-refractivity contribution in [2.24, 2.45) is 7.05 Å². The molecule has 7 heteroatoms. The maximum absolute atomic E-state index is 14.1. The normalized spacial score (nSPS) is 13.6. The average molecular weight is 267 g/mol. The number of anilines is 1. The summed E-state index contributed by atoms with van der Waals surface area (Å²) in [5.74, 6) is -1.49. The molecule has 5 nitrogen and oxygen atoms in total. The van der Waals surface area contributed by atoms with E-state index in [0.717, 1.165) is 6.07 Å². The van der Waals surface area contributed by atoms with Gasteiger partial charge in [-0.3, -0.25) is 4.68 Å². The molecular formula is C12H11F2N3O2. The summed E-state index contributed by atoms with van der Waals surface area (Å²) in [7, 11) is 1.61. The van der Waals surface area contributed by atoms with Crippen LogP contribution in [0.25, 0.3) is 11.1 Å². The molecule has 1 aliphatic rings. The number of aryl methyl sites for hydroxylation is 1. The highest BCUT2D eigenvalue weighted by atomic mass is 19.2. The molecule has 0 saturated heterocycles. The molecule has 1 aromatic heterocycles. The predicted molar refractivity (Wildman–Crippen MR) is 64.0 cm³/mol. The van der Waals surface area contributed by atoms with Gasteiger partial charge in [0.05, 0.1) is 17.3 Å². The second-order valence-electron chi connectivity index (χ2n) is 4.14. The zero-order valence-corrected chi connectivity index (χ0v) is 10.1. The topological polar surface area (TPSA) is 62.3 Å². The van der Waals surface area contributed by atoms with Gasteiger partial charge in [0.15, 0.2) is 23.1 Å². The van der Waals surface area contributed by atoms with E-state index in [1.54, 1.807) is 7.05 Å². The highest BCUT2D eigenvalue weighted by Crippen LogP contribution is 2.44. The Bertz CT molecular complexity index is 655. The van der Waals surface area contributed by atoms with E-state index in [1.165, 1.54) is 10.9 Å². The number of nitrogens with zero attached hydrogens (tertiary/aromatic N) is 2. The summed E-state index contributed by atoms with van der Waals surface area (Å²) in [6.07, 6.45) is 1.37. The van der Waals surface area contributed by atoms with Gasteiger partial charge in [0.1, 0.15) is 19.0 Å². The van der Waals surface area contributed by atoms with E-state index in [4.69, 9.17) is 15.2 Å². The molecule has 1 aromatic carbocycles. The van der Waals surface area contributed by atoms with Crippen LogP contribution < -0.4 is 15.2 Å². The van der Waals surface area contributed by atoms with E-state index in [9.17, 15) is 8.78 Å². The van der Waals surface area contributed by atoms with Crippen LogP contribution in [0.2, 0.25) is 0 Å². The van der Waals surface area contributed by atoms with Crippen molar-refractivity contribution in [2.45, 2.75) is 0 Å². The zero-order chi connectivity index (χ0) is 13.6. The van der Waals surface area contributed by atoms with Gasteiger partial charge in [-0.05, 0) is 0 Å². The van der Waals surface area contributed by atoms with Crippen molar-refractivity contribution in [3.8, 4) is 22.6 Å². The SMILES string of the molecule is Cn1ncc(-c2c(F)c(F)cc3c2OCCO3)c1N. The molecule has 2 aromatic rings. The number of ether oxygens (including phenoxy) is 2. The monoisotopic (exact) mass is 267 g/mol. The summed E-state index contributed by atoms with van der Waals surface area (Å²) in [5.41, 5.74) is 6.03. The van der Waals surface area contributed by atoms with Gasteiger partial charge in [0.2, 0.25) is 0 Å². The third-order valence-corrected chi connectivity index (χ3v) is 2.98. The second-order valence-corrected chi connectivity index (χ2v) is 4.14. The van der Waals surface area contributed by atoms with Crippen molar-refractivity contribution in [3.63, 3.8) is 0 Å². The Kier molecular flexibility index (Phi) is 2.55. The molecule has 19 heavy (non-hydrogen) atoms. The van der Waals surface area contributed by atoms with E-state index in [0.29, 0.717) is 6.61 Å². The van der Waals surface area contributed by atoms with Gasteiger partial charge in [-0.25, -0.2) is 8.78 Å². The van der Waals surface area contributed by atoms with Crippen molar-refractivity contribution in [1.82, 2.24) is 9.78 Å². The zero-order valence-electron chi connectivity index (χ0n) is 10.1. The maximum atomic E-state index is 14.1. The van der Waals surface area contributed by atoms with E-state index in [2.05, 4.69) is 5.10 Å². The number of hydrogen-bond acceptors (Lipinski definition) is 4. The first kappa shape index (κ1) is 11.8. The van der Waals surface area contributed by atoms with Crippen molar-refractivity contribution >= 4 is 5.82 Å². The molecule has 3 rings (SSSR count). The van der Waals surface area contributed by atoms with Crippen LogP contribution in [0.1, 0.15) is 0 Å². The summed E-state index contributed by atoms with van der Waals surface area (Å²) in [4.78, 5) is 0. The number of nitrogens with two attached hydrogens (primary N) is 1. The predicted octanol–water partition coefficient (Wildman–Crippen LogP) is 1.72. The van der Waals surface area contributed by atoms with Crippen molar-refractivity contribution in [3.05, 3.63) is 23.9 Å². The van der Waals surface area contributed by atoms with Gasteiger partial charge in [0.25, 0.3) is 0 Å². The Hall–Kier alpha value is -2.31. The van der Waals surface area contributed by atoms with Crippen LogP contribution >= 0.6 is 0 Å². The minimum absolute atomic E-state index is 0.0553. The molecule has 0 amide bonds. The molecule has 0 aliphatic carbocycles. The van der Waals surface area contributed by atoms with E-state index < -0.39 is 11.6 Å². The largest absolute Gasteiger partial charge is 0.486 e. The van der Waals surface area contributed by atoms with Gasteiger partial charge < -0.3 is 15.2 Å². The van der Waals surface area contributed by atoms with Gasteiger partial charge >= 0.3 is 0 Å². The van der Waals surface area contributed by atoms with Gasteiger partial charge in [-0.15, -0.1) is 0 Å². The lowest BCUT2D eigenvalue weighted by molar-refractivity contribution is 0.170. The average Bonchev–Trinajstić information content (AvgIpc) is 2.72. The van der Waals surface area contributed by atoms with Crippen LogP contribution in [0, 0.1) is 11.6 Å². The molecule has 1 aliphatic heterocycles. The summed E-state index contributed by atoms with van der Waals surface area (Å²) in [6.45, 7) is 0.561. The first-order chi connectivity index (χ1) is 9.09. The van der Waals surface area contributed by atoms with Crippen LogP contribution in [0.5, 0.6) is 11.5 Å². The Morgan fingerprint density at radius 2 is 2.05 bits per heavy atom. The third-order valence-electron chi connectivity index (χ3n) is 2.98. The standard InChI is InChI=1S/C12H11F2N3O2/c1-17-12(15)6(5-16-17)9-10(14)7(13)4-8-11(9)19-3-2-18-8/h4-5H,2-3,15H2,1H3. The van der Waals surface area contributed by atoms with Gasteiger partial charge in [-0.1, -0.05) is 0 Å². The van der Waals surface area contributed by atoms with E-state index in [-0.39, 0.29) is 35.1 Å². The summed E-state index contributed by atoms with van der Waals surface area (Å²) in [5, 5.41) is 3.92. The van der Waals surface area contributed by atoms with Crippen LogP contribution in [0.15, 0.2) is 12.3 Å². The first-order valence-corrected chi connectivity index (χ1v) is 5.65. The van der Waals surface area contributed by atoms with E-state index in [1.807, 2.05) is 0 Å². The number of halogens is 2. The smallest absolute Gasteiger partial charge is 0.172 e. The molecule has 0 fully saturated rings. The molecular weight excluding hydrogens is 256 g/mol. The summed E-state index contributed by atoms with van der Waals surface area (Å²) < 4.78 is 39.7. The van der Waals surface area contributed by atoms with Crippen molar-refractivity contribution in [1.29, 1.82) is 0 Å². The molecule has 0 radical (unpaired) electrons. The molecule has 0 spiro atoms. The van der Waals surface area contributed by atoms with Crippen molar-refractivity contribution < 1.29 is 18.3 Å². The summed E-state index contributed by atoms with van der Waals surface area (Å²) >= 11 is 0. The van der Waals surface area contributed by atoms with E-state index >= 15 is 0 Å². The highest BCUT2D eigenvalue weighted by molar-refractivity contribution is 5.81. The minimum atomic E-state index is -1.02. The number of hydrogen-bond donors (Lipinski definition) is 1. The second kappa shape index (κ2) is 4.11. The van der Waals surface area contributed by atoms with Crippen LogP contribution in [0.3, 0.4) is 0 Å². The molecule has 100 valence electrons. The number of rotatable bonds is 1. The Labute approximate surface area is 107 Å². The maximum Gasteiger partial charge on any atom is 0.172 e. The molecule has 2 N–H and O–H groups in total.